The molecule has 0 saturated carbocycles. The molecule has 0 aliphatic carbocycles. The van der Waals surface area contributed by atoms with Crippen LogP contribution in [0.2, 0.25) is 0 Å². The normalized spacial score (nSPS) is 10.2. The molecular formula is C14H17N3O2. The van der Waals surface area contributed by atoms with Gasteiger partial charge in [0.2, 0.25) is 0 Å². The summed E-state index contributed by atoms with van der Waals surface area (Å²) in [4.78, 5) is 4.21. The van der Waals surface area contributed by atoms with E-state index in [2.05, 4.69) is 10.4 Å². The van der Waals surface area contributed by atoms with Gasteiger partial charge in [0, 0.05) is 6.20 Å². The molecule has 0 saturated heterocycles. The van der Waals surface area contributed by atoms with Crippen molar-refractivity contribution in [3.63, 3.8) is 0 Å². The topological polar surface area (TPSA) is 69.4 Å². The SMILES string of the molecule is COc1ccc(COCc2cc(NN)ccn2)cc1. The van der Waals surface area contributed by atoms with Gasteiger partial charge >= 0.3 is 0 Å². The average molecular weight is 259 g/mol. The smallest absolute Gasteiger partial charge is 0.118 e. The molecule has 2 aromatic rings. The Morgan fingerprint density at radius 2 is 1.95 bits per heavy atom. The predicted molar refractivity (Wildman–Crippen MR) is 73.5 cm³/mol. The van der Waals surface area contributed by atoms with Gasteiger partial charge in [-0.15, -0.1) is 0 Å². The van der Waals surface area contributed by atoms with Gasteiger partial charge in [-0.1, -0.05) is 12.1 Å². The van der Waals surface area contributed by atoms with Gasteiger partial charge in [-0.05, 0) is 29.8 Å². The minimum absolute atomic E-state index is 0.446. The Morgan fingerprint density at radius 3 is 2.63 bits per heavy atom. The molecule has 0 aliphatic heterocycles. The van der Waals surface area contributed by atoms with Gasteiger partial charge in [-0.2, -0.15) is 0 Å². The summed E-state index contributed by atoms with van der Waals surface area (Å²) >= 11 is 0. The van der Waals surface area contributed by atoms with E-state index in [0.717, 1.165) is 22.7 Å². The number of nitrogen functional groups attached to an aromatic ring is 1. The lowest BCUT2D eigenvalue weighted by molar-refractivity contribution is 0.104. The molecule has 0 amide bonds. The number of nitrogens with one attached hydrogen (secondary N) is 1. The second-order valence-electron chi connectivity index (χ2n) is 4.02. The first-order valence-corrected chi connectivity index (χ1v) is 5.94. The van der Waals surface area contributed by atoms with E-state index in [9.17, 15) is 0 Å². The van der Waals surface area contributed by atoms with E-state index < -0.39 is 0 Å². The highest BCUT2D eigenvalue weighted by molar-refractivity contribution is 5.41. The number of benzene rings is 1. The summed E-state index contributed by atoms with van der Waals surface area (Å²) in [5.41, 5.74) is 5.32. The molecule has 1 aromatic carbocycles. The minimum Gasteiger partial charge on any atom is -0.497 e. The van der Waals surface area contributed by atoms with Gasteiger partial charge in [-0.25, -0.2) is 0 Å². The molecule has 1 aromatic heterocycles. The highest BCUT2D eigenvalue weighted by atomic mass is 16.5. The monoisotopic (exact) mass is 259 g/mol. The molecule has 0 atom stereocenters. The number of nitrogens with two attached hydrogens (primary N) is 1. The fraction of sp³-hybridized carbons (Fsp3) is 0.214. The molecule has 0 radical (unpaired) electrons. The number of hydrogen-bond acceptors (Lipinski definition) is 5. The lowest BCUT2D eigenvalue weighted by Gasteiger charge is -2.06. The Kier molecular flexibility index (Phi) is 4.72. The molecule has 0 bridgehead atoms. The Hall–Kier alpha value is -2.11. The van der Waals surface area contributed by atoms with E-state index in [-0.39, 0.29) is 0 Å². The summed E-state index contributed by atoms with van der Waals surface area (Å²) < 4.78 is 10.7. The molecule has 5 nitrogen and oxygen atoms in total. The van der Waals surface area contributed by atoms with E-state index in [4.69, 9.17) is 15.3 Å². The van der Waals surface area contributed by atoms with E-state index in [1.807, 2.05) is 30.3 Å². The number of rotatable bonds is 6. The van der Waals surface area contributed by atoms with Crippen LogP contribution in [0.1, 0.15) is 11.3 Å². The largest absolute Gasteiger partial charge is 0.497 e. The fourth-order valence-electron chi connectivity index (χ4n) is 1.64. The van der Waals surface area contributed by atoms with E-state index in [0.29, 0.717) is 13.2 Å². The molecule has 0 fully saturated rings. The third-order valence-corrected chi connectivity index (χ3v) is 2.66. The molecule has 0 unspecified atom stereocenters. The molecule has 2 rings (SSSR count). The van der Waals surface area contributed by atoms with Gasteiger partial charge in [0.25, 0.3) is 0 Å². The highest BCUT2D eigenvalue weighted by Crippen LogP contribution is 2.13. The van der Waals surface area contributed by atoms with Crippen molar-refractivity contribution in [2.45, 2.75) is 13.2 Å². The average Bonchev–Trinajstić information content (AvgIpc) is 2.48. The molecule has 100 valence electrons. The molecule has 19 heavy (non-hydrogen) atoms. The summed E-state index contributed by atoms with van der Waals surface area (Å²) in [6.45, 7) is 0.980. The Morgan fingerprint density at radius 1 is 1.16 bits per heavy atom. The van der Waals surface area contributed by atoms with Crippen molar-refractivity contribution >= 4 is 5.69 Å². The minimum atomic E-state index is 0.446. The zero-order valence-corrected chi connectivity index (χ0v) is 10.8. The molecule has 1 heterocycles. The number of anilines is 1. The van der Waals surface area contributed by atoms with Crippen LogP contribution in [0, 0.1) is 0 Å². The highest BCUT2D eigenvalue weighted by Gasteiger charge is 1.98. The second kappa shape index (κ2) is 6.72. The fourth-order valence-corrected chi connectivity index (χ4v) is 1.64. The van der Waals surface area contributed by atoms with Crippen LogP contribution >= 0.6 is 0 Å². The summed E-state index contributed by atoms with van der Waals surface area (Å²) in [5.74, 6) is 6.18. The Balaban J connectivity index is 1.85. The van der Waals surface area contributed by atoms with Crippen LogP contribution in [0.15, 0.2) is 42.6 Å². The number of hydrazine groups is 1. The van der Waals surface area contributed by atoms with Gasteiger partial charge in [0.15, 0.2) is 0 Å². The van der Waals surface area contributed by atoms with Crippen molar-refractivity contribution in [2.24, 2.45) is 5.84 Å². The standard InChI is InChI=1S/C14H17N3O2/c1-18-14-4-2-11(3-5-14)9-19-10-13-8-12(17-15)6-7-16-13/h2-8H,9-10,15H2,1H3,(H,16,17). The predicted octanol–water partition coefficient (Wildman–Crippen LogP) is 2.09. The number of aromatic nitrogens is 1. The van der Waals surface area contributed by atoms with Crippen molar-refractivity contribution in [3.8, 4) is 5.75 Å². The third kappa shape index (κ3) is 3.94. The number of nitrogens with zero attached hydrogens (tertiary/aromatic N) is 1. The van der Waals surface area contributed by atoms with Crippen LogP contribution in [-0.4, -0.2) is 12.1 Å². The lowest BCUT2D eigenvalue weighted by atomic mass is 10.2. The summed E-state index contributed by atoms with van der Waals surface area (Å²) in [6.07, 6.45) is 1.70. The van der Waals surface area contributed by atoms with Crippen molar-refractivity contribution < 1.29 is 9.47 Å². The van der Waals surface area contributed by atoms with Crippen molar-refractivity contribution in [1.29, 1.82) is 0 Å². The van der Waals surface area contributed by atoms with Crippen molar-refractivity contribution in [2.75, 3.05) is 12.5 Å². The quantitative estimate of drug-likeness (QED) is 0.614. The first-order valence-electron chi connectivity index (χ1n) is 5.94. The first-order chi connectivity index (χ1) is 9.31. The third-order valence-electron chi connectivity index (χ3n) is 2.66. The molecule has 0 aliphatic rings. The second-order valence-corrected chi connectivity index (χ2v) is 4.02. The van der Waals surface area contributed by atoms with E-state index in [1.165, 1.54) is 0 Å². The summed E-state index contributed by atoms with van der Waals surface area (Å²) in [5, 5.41) is 0. The number of ether oxygens (including phenoxy) is 2. The van der Waals surface area contributed by atoms with Gasteiger partial charge in [-0.3, -0.25) is 10.8 Å². The number of methoxy groups -OCH3 is 1. The Bertz CT molecular complexity index is 514. The van der Waals surface area contributed by atoms with Crippen LogP contribution in [0.5, 0.6) is 5.75 Å². The summed E-state index contributed by atoms with van der Waals surface area (Å²) in [6, 6.07) is 11.4. The van der Waals surface area contributed by atoms with Gasteiger partial charge in [0.05, 0.1) is 31.7 Å². The van der Waals surface area contributed by atoms with Crippen LogP contribution in [-0.2, 0) is 18.0 Å². The lowest BCUT2D eigenvalue weighted by Crippen LogP contribution is -2.07. The van der Waals surface area contributed by atoms with Crippen LogP contribution in [0.25, 0.3) is 0 Å². The number of hydrogen-bond donors (Lipinski definition) is 2. The maximum Gasteiger partial charge on any atom is 0.118 e. The maximum absolute atomic E-state index is 5.61. The van der Waals surface area contributed by atoms with E-state index >= 15 is 0 Å². The molecule has 0 spiro atoms. The van der Waals surface area contributed by atoms with Gasteiger partial charge in [0.1, 0.15) is 5.75 Å². The van der Waals surface area contributed by atoms with E-state index in [1.54, 1.807) is 19.4 Å². The van der Waals surface area contributed by atoms with Crippen molar-refractivity contribution in [3.05, 3.63) is 53.9 Å². The number of pyridine rings is 1. The van der Waals surface area contributed by atoms with Crippen LogP contribution in [0.4, 0.5) is 5.69 Å². The Labute approximate surface area is 112 Å². The molecular weight excluding hydrogens is 242 g/mol. The van der Waals surface area contributed by atoms with Gasteiger partial charge < -0.3 is 14.9 Å². The molecule has 5 heteroatoms. The summed E-state index contributed by atoms with van der Waals surface area (Å²) in [7, 11) is 1.65. The zero-order valence-electron chi connectivity index (χ0n) is 10.8. The van der Waals surface area contributed by atoms with Crippen molar-refractivity contribution in [1.82, 2.24) is 4.98 Å². The zero-order chi connectivity index (χ0) is 13.5. The van der Waals surface area contributed by atoms with Crippen LogP contribution in [0.3, 0.4) is 0 Å². The maximum atomic E-state index is 5.61. The molecule has 3 N–H and O–H groups in total. The van der Waals surface area contributed by atoms with Crippen LogP contribution < -0.4 is 16.0 Å². The first kappa shape index (κ1) is 13.3.